The van der Waals surface area contributed by atoms with E-state index in [9.17, 15) is 37.7 Å². The molecular weight excluding hydrogens is 411 g/mol. The van der Waals surface area contributed by atoms with E-state index >= 15 is 0 Å². The third-order valence-corrected chi connectivity index (χ3v) is 4.62. The quantitative estimate of drug-likeness (QED) is 0.388. The third kappa shape index (κ3) is 6.16. The molecule has 1 aromatic rings. The van der Waals surface area contributed by atoms with Crippen LogP contribution in [0.15, 0.2) is 18.2 Å². The van der Waals surface area contributed by atoms with Crippen LogP contribution in [-0.4, -0.2) is 35.4 Å². The molecule has 0 bridgehead atoms. The number of hydrogen-bond donors (Lipinski definition) is 2. The molecule has 2 amide bonds. The van der Waals surface area contributed by atoms with Crippen molar-refractivity contribution in [2.75, 3.05) is 11.9 Å². The molecule has 1 aromatic carbocycles. The number of nitrogens with zero attached hydrogens (tertiary/aromatic N) is 1. The number of benzene rings is 1. The molecule has 164 valence electrons. The molecule has 1 atom stereocenters. The van der Waals surface area contributed by atoms with E-state index in [-0.39, 0.29) is 5.92 Å². The molecule has 1 aliphatic rings. The number of anilines is 1. The molecular formula is C18H20F3N3O6. The van der Waals surface area contributed by atoms with Gasteiger partial charge in [0.2, 0.25) is 5.91 Å². The zero-order chi connectivity index (χ0) is 22.5. The molecule has 2 rings (SSSR count). The molecule has 1 fully saturated rings. The van der Waals surface area contributed by atoms with Gasteiger partial charge in [-0.05, 0) is 24.8 Å². The van der Waals surface area contributed by atoms with Gasteiger partial charge in [0.05, 0.1) is 16.2 Å². The van der Waals surface area contributed by atoms with Gasteiger partial charge in [-0.2, -0.15) is 13.2 Å². The highest BCUT2D eigenvalue weighted by molar-refractivity contribution is 5.94. The Kier molecular flexibility index (Phi) is 7.35. The first kappa shape index (κ1) is 23.1. The number of esters is 1. The zero-order valence-corrected chi connectivity index (χ0v) is 16.0. The minimum absolute atomic E-state index is 0.143. The third-order valence-electron chi connectivity index (χ3n) is 4.62. The molecule has 1 saturated carbocycles. The van der Waals surface area contributed by atoms with Crippen LogP contribution in [0.2, 0.25) is 0 Å². The monoisotopic (exact) mass is 431 g/mol. The molecule has 0 aliphatic heterocycles. The van der Waals surface area contributed by atoms with Crippen LogP contribution in [0.3, 0.4) is 0 Å². The summed E-state index contributed by atoms with van der Waals surface area (Å²) in [5, 5.41) is 15.1. The summed E-state index contributed by atoms with van der Waals surface area (Å²) >= 11 is 0. The molecule has 1 aliphatic carbocycles. The lowest BCUT2D eigenvalue weighted by molar-refractivity contribution is -0.385. The second kappa shape index (κ2) is 9.55. The number of non-ortho nitro benzene ring substituents is 1. The van der Waals surface area contributed by atoms with Gasteiger partial charge >= 0.3 is 12.1 Å². The largest absolute Gasteiger partial charge is 0.454 e. The Morgan fingerprint density at radius 3 is 2.43 bits per heavy atom. The smallest absolute Gasteiger partial charge is 0.418 e. The van der Waals surface area contributed by atoms with E-state index in [1.54, 1.807) is 0 Å². The van der Waals surface area contributed by atoms with E-state index in [2.05, 4.69) is 5.32 Å². The number of amides is 2. The van der Waals surface area contributed by atoms with E-state index in [4.69, 9.17) is 4.74 Å². The number of ether oxygens (including phenoxy) is 1. The van der Waals surface area contributed by atoms with Gasteiger partial charge in [0.1, 0.15) is 6.04 Å². The lowest BCUT2D eigenvalue weighted by atomic mass is 9.98. The summed E-state index contributed by atoms with van der Waals surface area (Å²) in [6.45, 7) is 0.352. The summed E-state index contributed by atoms with van der Waals surface area (Å²) in [7, 11) is 0. The Morgan fingerprint density at radius 2 is 1.90 bits per heavy atom. The Morgan fingerprint density at radius 1 is 1.27 bits per heavy atom. The Hall–Kier alpha value is -3.18. The number of halogens is 3. The number of nitrogens with one attached hydrogen (secondary N) is 2. The number of nitro benzene ring substituents is 1. The predicted molar refractivity (Wildman–Crippen MR) is 97.2 cm³/mol. The van der Waals surface area contributed by atoms with Crippen molar-refractivity contribution in [2.24, 2.45) is 5.92 Å². The van der Waals surface area contributed by atoms with Gasteiger partial charge in [-0.25, -0.2) is 4.79 Å². The van der Waals surface area contributed by atoms with E-state index < -0.39 is 58.5 Å². The number of nitro groups is 1. The fraction of sp³-hybridized carbons (Fsp3) is 0.500. The summed E-state index contributed by atoms with van der Waals surface area (Å²) in [4.78, 5) is 45.4. The average Bonchev–Trinajstić information content (AvgIpc) is 3.17. The van der Waals surface area contributed by atoms with Crippen LogP contribution in [-0.2, 0) is 25.3 Å². The summed E-state index contributed by atoms with van der Waals surface area (Å²) in [5.41, 5.74) is -2.90. The topological polar surface area (TPSA) is 128 Å². The number of carbonyl (C=O) groups is 3. The van der Waals surface area contributed by atoms with Crippen molar-refractivity contribution in [1.29, 1.82) is 0 Å². The fourth-order valence-corrected chi connectivity index (χ4v) is 3.28. The van der Waals surface area contributed by atoms with Gasteiger partial charge in [0.25, 0.3) is 11.6 Å². The number of hydrogen-bond acceptors (Lipinski definition) is 6. The first-order valence-electron chi connectivity index (χ1n) is 9.08. The highest BCUT2D eigenvalue weighted by atomic mass is 19.4. The summed E-state index contributed by atoms with van der Waals surface area (Å²) in [6.07, 6.45) is -1.79. The fourth-order valence-electron chi connectivity index (χ4n) is 3.28. The van der Waals surface area contributed by atoms with E-state index in [0.29, 0.717) is 18.9 Å². The molecule has 0 heterocycles. The van der Waals surface area contributed by atoms with Crippen molar-refractivity contribution in [3.63, 3.8) is 0 Å². The molecule has 9 nitrogen and oxygen atoms in total. The van der Waals surface area contributed by atoms with Crippen molar-refractivity contribution < 1.29 is 37.2 Å². The van der Waals surface area contributed by atoms with Gasteiger partial charge in [-0.3, -0.25) is 19.7 Å². The van der Waals surface area contributed by atoms with Crippen LogP contribution in [0.25, 0.3) is 0 Å². The van der Waals surface area contributed by atoms with Crippen LogP contribution < -0.4 is 10.6 Å². The van der Waals surface area contributed by atoms with E-state index in [1.807, 2.05) is 5.32 Å². The highest BCUT2D eigenvalue weighted by Crippen LogP contribution is 2.37. The zero-order valence-electron chi connectivity index (χ0n) is 16.0. The van der Waals surface area contributed by atoms with Gasteiger partial charge in [-0.15, -0.1) is 0 Å². The van der Waals surface area contributed by atoms with Gasteiger partial charge in [0, 0.05) is 19.1 Å². The molecule has 1 unspecified atom stereocenters. The van der Waals surface area contributed by atoms with Crippen molar-refractivity contribution in [3.05, 3.63) is 33.9 Å². The normalized spacial score (nSPS) is 15.3. The predicted octanol–water partition coefficient (Wildman–Crippen LogP) is 2.79. The molecule has 0 spiro atoms. The Balaban J connectivity index is 2.05. The van der Waals surface area contributed by atoms with E-state index in [1.165, 1.54) is 6.92 Å². The second-order valence-electron chi connectivity index (χ2n) is 6.86. The van der Waals surface area contributed by atoms with Crippen molar-refractivity contribution in [3.8, 4) is 0 Å². The number of carbonyl (C=O) groups excluding carboxylic acids is 3. The van der Waals surface area contributed by atoms with Crippen LogP contribution in [0, 0.1) is 16.0 Å². The van der Waals surface area contributed by atoms with Crippen LogP contribution >= 0.6 is 0 Å². The second-order valence-corrected chi connectivity index (χ2v) is 6.86. The van der Waals surface area contributed by atoms with Crippen LogP contribution in [0.4, 0.5) is 24.5 Å². The average molecular weight is 431 g/mol. The lowest BCUT2D eigenvalue weighted by Gasteiger charge is -2.22. The maximum Gasteiger partial charge on any atom is 0.418 e. The first-order chi connectivity index (χ1) is 14.0. The lowest BCUT2D eigenvalue weighted by Crippen LogP contribution is -2.46. The minimum Gasteiger partial charge on any atom is -0.454 e. The molecule has 30 heavy (non-hydrogen) atoms. The molecule has 0 radical (unpaired) electrons. The Bertz CT molecular complexity index is 837. The van der Waals surface area contributed by atoms with Crippen molar-refractivity contribution >= 4 is 29.2 Å². The van der Waals surface area contributed by atoms with E-state index in [0.717, 1.165) is 25.0 Å². The SMILES string of the molecule is CC(=O)NC(C(=O)OCC(=O)Nc1ccc([N+](=O)[O-])cc1C(F)(F)F)C1CCCC1. The van der Waals surface area contributed by atoms with Crippen molar-refractivity contribution in [2.45, 2.75) is 44.8 Å². The van der Waals surface area contributed by atoms with Gasteiger partial charge in [-0.1, -0.05) is 12.8 Å². The summed E-state index contributed by atoms with van der Waals surface area (Å²) < 4.78 is 44.4. The molecule has 2 N–H and O–H groups in total. The van der Waals surface area contributed by atoms with Crippen LogP contribution in [0.1, 0.15) is 38.2 Å². The highest BCUT2D eigenvalue weighted by Gasteiger charge is 2.36. The summed E-state index contributed by atoms with van der Waals surface area (Å²) in [5.74, 6) is -2.51. The molecule has 0 saturated heterocycles. The molecule has 0 aromatic heterocycles. The first-order valence-corrected chi connectivity index (χ1v) is 9.08. The maximum atomic E-state index is 13.2. The van der Waals surface area contributed by atoms with Crippen LogP contribution in [0.5, 0.6) is 0 Å². The number of alkyl halides is 3. The minimum atomic E-state index is -4.95. The number of rotatable bonds is 7. The summed E-state index contributed by atoms with van der Waals surface area (Å²) in [6, 6.07) is 0.917. The van der Waals surface area contributed by atoms with Gasteiger partial charge in [0.15, 0.2) is 6.61 Å². The Labute approximate surface area is 169 Å². The van der Waals surface area contributed by atoms with Crippen molar-refractivity contribution in [1.82, 2.24) is 5.32 Å². The van der Waals surface area contributed by atoms with Gasteiger partial charge < -0.3 is 15.4 Å². The maximum absolute atomic E-state index is 13.2. The standard InChI is InChI=1S/C18H20F3N3O6/c1-10(25)22-16(11-4-2-3-5-11)17(27)30-9-15(26)23-14-7-6-12(24(28)29)8-13(14)18(19,20)21/h6-8,11,16H,2-5,9H2,1H3,(H,22,25)(H,23,26). The molecule has 12 heteroatoms.